The van der Waals surface area contributed by atoms with E-state index >= 15 is 0 Å². The third kappa shape index (κ3) is 3.13. The van der Waals surface area contributed by atoms with E-state index in [2.05, 4.69) is 24.0 Å². The van der Waals surface area contributed by atoms with E-state index in [4.69, 9.17) is 9.47 Å². The number of aryl methyl sites for hydroxylation is 1. The van der Waals surface area contributed by atoms with Crippen molar-refractivity contribution in [1.82, 2.24) is 0 Å². The van der Waals surface area contributed by atoms with Gasteiger partial charge < -0.3 is 14.4 Å². The van der Waals surface area contributed by atoms with Gasteiger partial charge in [-0.1, -0.05) is 6.07 Å². The van der Waals surface area contributed by atoms with E-state index < -0.39 is 0 Å². The van der Waals surface area contributed by atoms with Crippen molar-refractivity contribution in [2.45, 2.75) is 6.92 Å². The van der Waals surface area contributed by atoms with Crippen molar-refractivity contribution in [2.24, 2.45) is 0 Å². The Labute approximate surface area is 91.6 Å². The molecular formula is C12H19NO2. The summed E-state index contributed by atoms with van der Waals surface area (Å²) in [5.41, 5.74) is 2.30. The molecule has 3 nitrogen and oxygen atoms in total. The predicted molar refractivity (Wildman–Crippen MR) is 62.9 cm³/mol. The van der Waals surface area contributed by atoms with Crippen molar-refractivity contribution in [1.29, 1.82) is 0 Å². The van der Waals surface area contributed by atoms with Crippen molar-refractivity contribution in [3.05, 3.63) is 23.8 Å². The van der Waals surface area contributed by atoms with Crippen LogP contribution >= 0.6 is 0 Å². The van der Waals surface area contributed by atoms with Crippen LogP contribution in [0.5, 0.6) is 5.75 Å². The van der Waals surface area contributed by atoms with Crippen LogP contribution in [0.15, 0.2) is 18.2 Å². The highest BCUT2D eigenvalue weighted by molar-refractivity contribution is 5.59. The fourth-order valence-electron chi connectivity index (χ4n) is 1.45. The minimum Gasteiger partial charge on any atom is -0.495 e. The first-order chi connectivity index (χ1) is 7.19. The van der Waals surface area contributed by atoms with Crippen LogP contribution < -0.4 is 9.64 Å². The molecular weight excluding hydrogens is 190 g/mol. The Morgan fingerprint density at radius 3 is 2.60 bits per heavy atom. The first kappa shape index (κ1) is 11.9. The second-order valence-corrected chi connectivity index (χ2v) is 3.59. The first-order valence-electron chi connectivity index (χ1n) is 5.03. The molecule has 0 aliphatic rings. The number of benzene rings is 1. The summed E-state index contributed by atoms with van der Waals surface area (Å²) in [5.74, 6) is 0.911. The average molecular weight is 209 g/mol. The molecule has 0 heterocycles. The van der Waals surface area contributed by atoms with Gasteiger partial charge in [0.05, 0.1) is 19.4 Å². The van der Waals surface area contributed by atoms with Gasteiger partial charge in [-0.2, -0.15) is 0 Å². The van der Waals surface area contributed by atoms with Gasteiger partial charge in [-0.05, 0) is 24.6 Å². The summed E-state index contributed by atoms with van der Waals surface area (Å²) < 4.78 is 10.4. The Kier molecular flexibility index (Phi) is 4.43. The molecule has 0 radical (unpaired) electrons. The number of ether oxygens (including phenoxy) is 2. The minimum absolute atomic E-state index is 0.716. The van der Waals surface area contributed by atoms with Crippen LogP contribution in [0.25, 0.3) is 0 Å². The van der Waals surface area contributed by atoms with Gasteiger partial charge in [0.2, 0.25) is 0 Å². The molecule has 1 rings (SSSR count). The molecule has 1 aromatic carbocycles. The summed E-state index contributed by atoms with van der Waals surface area (Å²) in [6, 6.07) is 6.20. The van der Waals surface area contributed by atoms with Crippen LogP contribution in [-0.2, 0) is 4.74 Å². The standard InChI is InChI=1S/C12H19NO2/c1-10-5-6-11(12(9-10)15-4)13(2)7-8-14-3/h5-6,9H,7-8H2,1-4H3. The molecule has 0 N–H and O–H groups in total. The third-order valence-electron chi connectivity index (χ3n) is 2.38. The van der Waals surface area contributed by atoms with Gasteiger partial charge in [-0.25, -0.2) is 0 Å². The molecule has 0 aromatic heterocycles. The Balaban J connectivity index is 2.82. The maximum absolute atomic E-state index is 5.34. The maximum Gasteiger partial charge on any atom is 0.142 e. The lowest BCUT2D eigenvalue weighted by Crippen LogP contribution is -2.22. The van der Waals surface area contributed by atoms with Crippen LogP contribution in [0.4, 0.5) is 5.69 Å². The Hall–Kier alpha value is -1.22. The SMILES string of the molecule is COCCN(C)c1ccc(C)cc1OC. The molecule has 0 saturated heterocycles. The third-order valence-corrected chi connectivity index (χ3v) is 2.38. The number of likely N-dealkylation sites (N-methyl/N-ethyl adjacent to an activating group) is 1. The van der Waals surface area contributed by atoms with Gasteiger partial charge in [-0.3, -0.25) is 0 Å². The summed E-state index contributed by atoms with van der Waals surface area (Å²) in [5, 5.41) is 0. The van der Waals surface area contributed by atoms with E-state index in [1.54, 1.807) is 14.2 Å². The lowest BCUT2D eigenvalue weighted by molar-refractivity contribution is 0.206. The summed E-state index contributed by atoms with van der Waals surface area (Å²) in [7, 11) is 5.44. The molecule has 15 heavy (non-hydrogen) atoms. The monoisotopic (exact) mass is 209 g/mol. The zero-order valence-corrected chi connectivity index (χ0v) is 9.91. The van der Waals surface area contributed by atoms with E-state index in [1.807, 2.05) is 13.1 Å². The molecule has 0 aliphatic carbocycles. The number of rotatable bonds is 5. The summed E-state index contributed by atoms with van der Waals surface area (Å²) in [4.78, 5) is 2.13. The predicted octanol–water partition coefficient (Wildman–Crippen LogP) is 2.09. The summed E-state index contributed by atoms with van der Waals surface area (Å²) in [6.07, 6.45) is 0. The van der Waals surface area contributed by atoms with Gasteiger partial charge in [-0.15, -0.1) is 0 Å². The molecule has 0 atom stereocenters. The maximum atomic E-state index is 5.34. The number of methoxy groups -OCH3 is 2. The zero-order valence-electron chi connectivity index (χ0n) is 9.91. The molecule has 0 aliphatic heterocycles. The fourth-order valence-corrected chi connectivity index (χ4v) is 1.45. The normalized spacial score (nSPS) is 10.1. The van der Waals surface area contributed by atoms with Crippen LogP contribution in [0, 0.1) is 6.92 Å². The summed E-state index contributed by atoms with van der Waals surface area (Å²) in [6.45, 7) is 3.63. The summed E-state index contributed by atoms with van der Waals surface area (Å²) >= 11 is 0. The number of hydrogen-bond donors (Lipinski definition) is 0. The Morgan fingerprint density at radius 1 is 1.27 bits per heavy atom. The first-order valence-corrected chi connectivity index (χ1v) is 5.03. The molecule has 0 saturated carbocycles. The van der Waals surface area contributed by atoms with Crippen LogP contribution in [0.1, 0.15) is 5.56 Å². The number of hydrogen-bond acceptors (Lipinski definition) is 3. The molecule has 0 spiro atoms. The quantitative estimate of drug-likeness (QED) is 0.741. The van der Waals surface area contributed by atoms with E-state index in [1.165, 1.54) is 5.56 Å². The molecule has 1 aromatic rings. The van der Waals surface area contributed by atoms with E-state index in [0.717, 1.165) is 18.0 Å². The van der Waals surface area contributed by atoms with Gasteiger partial charge in [0.1, 0.15) is 5.75 Å². The molecule has 84 valence electrons. The fraction of sp³-hybridized carbons (Fsp3) is 0.500. The average Bonchev–Trinajstić information content (AvgIpc) is 2.25. The van der Waals surface area contributed by atoms with Crippen LogP contribution in [0.2, 0.25) is 0 Å². The van der Waals surface area contributed by atoms with Crippen molar-refractivity contribution in [3.63, 3.8) is 0 Å². The van der Waals surface area contributed by atoms with Crippen molar-refractivity contribution < 1.29 is 9.47 Å². The second kappa shape index (κ2) is 5.61. The van der Waals surface area contributed by atoms with Crippen molar-refractivity contribution in [2.75, 3.05) is 39.3 Å². The van der Waals surface area contributed by atoms with Crippen molar-refractivity contribution >= 4 is 5.69 Å². The van der Waals surface area contributed by atoms with Gasteiger partial charge >= 0.3 is 0 Å². The second-order valence-electron chi connectivity index (χ2n) is 3.59. The molecule has 0 unspecified atom stereocenters. The Bertz CT molecular complexity index is 312. The van der Waals surface area contributed by atoms with Crippen LogP contribution in [-0.4, -0.2) is 34.4 Å². The highest BCUT2D eigenvalue weighted by Crippen LogP contribution is 2.27. The van der Waals surface area contributed by atoms with E-state index in [0.29, 0.717) is 6.61 Å². The van der Waals surface area contributed by atoms with Gasteiger partial charge in [0.25, 0.3) is 0 Å². The highest BCUT2D eigenvalue weighted by atomic mass is 16.5. The Morgan fingerprint density at radius 2 is 2.00 bits per heavy atom. The van der Waals surface area contributed by atoms with E-state index in [-0.39, 0.29) is 0 Å². The largest absolute Gasteiger partial charge is 0.495 e. The topological polar surface area (TPSA) is 21.7 Å². The lowest BCUT2D eigenvalue weighted by Gasteiger charge is -2.21. The lowest BCUT2D eigenvalue weighted by atomic mass is 10.2. The van der Waals surface area contributed by atoms with Crippen molar-refractivity contribution in [3.8, 4) is 5.75 Å². The smallest absolute Gasteiger partial charge is 0.142 e. The minimum atomic E-state index is 0.716. The number of nitrogens with zero attached hydrogens (tertiary/aromatic N) is 1. The number of anilines is 1. The van der Waals surface area contributed by atoms with Gasteiger partial charge in [0, 0.05) is 20.7 Å². The molecule has 3 heteroatoms. The van der Waals surface area contributed by atoms with Gasteiger partial charge in [0.15, 0.2) is 0 Å². The molecule has 0 fully saturated rings. The molecule has 0 amide bonds. The van der Waals surface area contributed by atoms with E-state index in [9.17, 15) is 0 Å². The zero-order chi connectivity index (χ0) is 11.3. The molecule has 0 bridgehead atoms. The highest BCUT2D eigenvalue weighted by Gasteiger charge is 2.07. The van der Waals surface area contributed by atoms with Crippen LogP contribution in [0.3, 0.4) is 0 Å².